The van der Waals surface area contributed by atoms with Crippen molar-refractivity contribution < 1.29 is 23.8 Å². The van der Waals surface area contributed by atoms with E-state index >= 15 is 0 Å². The lowest BCUT2D eigenvalue weighted by Crippen LogP contribution is -2.54. The van der Waals surface area contributed by atoms with E-state index in [1.165, 1.54) is 14.2 Å². The fourth-order valence-electron chi connectivity index (χ4n) is 2.56. The normalized spacial score (nSPS) is 11.7. The Balaban J connectivity index is 0.00000961. The number of alkyl carbamates (subject to hydrolysis) is 1. The molecule has 1 aromatic carbocycles. The van der Waals surface area contributed by atoms with Gasteiger partial charge in [-0.2, -0.15) is 0 Å². The van der Waals surface area contributed by atoms with E-state index in [-0.39, 0.29) is 24.0 Å². The Labute approximate surface area is 208 Å². The number of aliphatic imine (C=N–C) groups is 1. The number of carbonyl (C=O) groups excluding carboxylic acids is 2. The van der Waals surface area contributed by atoms with Crippen molar-refractivity contribution in [2.24, 2.45) is 4.99 Å². The summed E-state index contributed by atoms with van der Waals surface area (Å²) in [5, 5.41) is 9.24. The third kappa shape index (κ3) is 10.9. The number of esters is 1. The summed E-state index contributed by atoms with van der Waals surface area (Å²) in [6, 6.07) is 5.25. The summed E-state index contributed by atoms with van der Waals surface area (Å²) in [6.45, 7) is 12.6. The maximum absolute atomic E-state index is 12.1. The van der Waals surface area contributed by atoms with E-state index in [2.05, 4.69) is 20.9 Å². The molecule has 0 aliphatic heterocycles. The van der Waals surface area contributed by atoms with E-state index in [0.29, 0.717) is 36.9 Å². The Bertz CT molecular complexity index is 791. The van der Waals surface area contributed by atoms with E-state index in [1.807, 2.05) is 47.6 Å². The minimum absolute atomic E-state index is 0. The number of amides is 1. The molecular formula is C22H37IN4O5. The number of nitrogens with zero attached hydrogens (tertiary/aromatic N) is 1. The number of carbonyl (C=O) groups is 2. The molecule has 0 unspecified atom stereocenters. The summed E-state index contributed by atoms with van der Waals surface area (Å²) in [6.07, 6.45) is -0.477. The van der Waals surface area contributed by atoms with Crippen molar-refractivity contribution in [3.05, 3.63) is 29.3 Å². The lowest BCUT2D eigenvalue weighted by molar-refractivity contribution is 0.0473. The monoisotopic (exact) mass is 564 g/mol. The standard InChI is InChI=1S/C22H36N4O5.HI/c1-9-23-19(25-14-22(5,6)26-20(28)31-21(2,3)4)24-13-15-10-11-17(29-7)16(12-15)18(27)30-8;/h10-12H,9,13-14H2,1-8H3,(H,26,28)(H2,23,24,25);1H. The molecule has 0 bridgehead atoms. The van der Waals surface area contributed by atoms with Gasteiger partial charge in [0.2, 0.25) is 0 Å². The molecule has 3 N–H and O–H groups in total. The SMILES string of the molecule is CCNC(=NCc1ccc(OC)c(C(=O)OC)c1)NCC(C)(C)NC(=O)OC(C)(C)C.I. The van der Waals surface area contributed by atoms with Crippen LogP contribution in [0.15, 0.2) is 23.2 Å². The van der Waals surface area contributed by atoms with Crippen molar-refractivity contribution in [1.29, 1.82) is 0 Å². The Hall–Kier alpha value is -2.24. The van der Waals surface area contributed by atoms with Crippen LogP contribution in [0, 0.1) is 0 Å². The van der Waals surface area contributed by atoms with Crippen molar-refractivity contribution >= 4 is 42.0 Å². The van der Waals surface area contributed by atoms with Crippen molar-refractivity contribution in [2.75, 3.05) is 27.3 Å². The second-order valence-electron chi connectivity index (χ2n) is 8.59. The number of hydrogen-bond donors (Lipinski definition) is 3. The molecule has 182 valence electrons. The summed E-state index contributed by atoms with van der Waals surface area (Å²) in [4.78, 5) is 28.6. The van der Waals surface area contributed by atoms with E-state index in [0.717, 1.165) is 5.56 Å². The van der Waals surface area contributed by atoms with Crippen molar-refractivity contribution in [3.8, 4) is 5.75 Å². The molecule has 1 amide bonds. The highest BCUT2D eigenvalue weighted by atomic mass is 127. The molecule has 0 saturated heterocycles. The Morgan fingerprint density at radius 1 is 1.06 bits per heavy atom. The quantitative estimate of drug-likeness (QED) is 0.192. The second-order valence-corrected chi connectivity index (χ2v) is 8.59. The lowest BCUT2D eigenvalue weighted by atomic mass is 10.1. The first-order chi connectivity index (χ1) is 14.4. The van der Waals surface area contributed by atoms with Crippen molar-refractivity contribution in [1.82, 2.24) is 16.0 Å². The van der Waals surface area contributed by atoms with Crippen LogP contribution in [0.4, 0.5) is 4.79 Å². The molecule has 0 atom stereocenters. The maximum Gasteiger partial charge on any atom is 0.408 e. The van der Waals surface area contributed by atoms with E-state index < -0.39 is 23.2 Å². The fraction of sp³-hybridized carbons (Fsp3) is 0.591. The highest BCUT2D eigenvalue weighted by molar-refractivity contribution is 14.0. The van der Waals surface area contributed by atoms with Crippen LogP contribution in [0.25, 0.3) is 0 Å². The average molecular weight is 564 g/mol. The number of ether oxygens (including phenoxy) is 3. The van der Waals surface area contributed by atoms with Crippen molar-refractivity contribution in [3.63, 3.8) is 0 Å². The Morgan fingerprint density at radius 3 is 2.25 bits per heavy atom. The van der Waals surface area contributed by atoms with E-state index in [4.69, 9.17) is 14.2 Å². The van der Waals surface area contributed by atoms with Crippen LogP contribution < -0.4 is 20.7 Å². The Kier molecular flexibility index (Phi) is 12.4. The minimum Gasteiger partial charge on any atom is -0.496 e. The average Bonchev–Trinajstić information content (AvgIpc) is 2.67. The van der Waals surface area contributed by atoms with Crippen LogP contribution in [0.2, 0.25) is 0 Å². The minimum atomic E-state index is -0.573. The summed E-state index contributed by atoms with van der Waals surface area (Å²) in [5.74, 6) is 0.555. The largest absolute Gasteiger partial charge is 0.496 e. The van der Waals surface area contributed by atoms with Gasteiger partial charge in [-0.05, 0) is 59.2 Å². The summed E-state index contributed by atoms with van der Waals surface area (Å²) in [7, 11) is 2.83. The molecule has 32 heavy (non-hydrogen) atoms. The molecule has 1 rings (SSSR count). The van der Waals surface area contributed by atoms with E-state index in [1.54, 1.807) is 12.1 Å². The highest BCUT2D eigenvalue weighted by Crippen LogP contribution is 2.21. The van der Waals surface area contributed by atoms with Crippen LogP contribution in [0.3, 0.4) is 0 Å². The number of halogens is 1. The van der Waals surface area contributed by atoms with Crippen LogP contribution in [0.1, 0.15) is 57.5 Å². The molecule has 1 aromatic rings. The van der Waals surface area contributed by atoms with Gasteiger partial charge in [-0.3, -0.25) is 0 Å². The van der Waals surface area contributed by atoms with Gasteiger partial charge in [0.05, 0.1) is 26.3 Å². The zero-order valence-corrected chi connectivity index (χ0v) is 22.6. The first-order valence-electron chi connectivity index (χ1n) is 10.2. The van der Waals surface area contributed by atoms with Crippen LogP contribution in [0.5, 0.6) is 5.75 Å². The third-order valence-electron chi connectivity index (χ3n) is 3.97. The fourth-order valence-corrected chi connectivity index (χ4v) is 2.56. The van der Waals surface area contributed by atoms with Gasteiger partial charge in [0, 0.05) is 13.1 Å². The van der Waals surface area contributed by atoms with Crippen LogP contribution in [-0.4, -0.2) is 56.5 Å². The number of guanidine groups is 1. The molecule has 0 saturated carbocycles. The summed E-state index contributed by atoms with van der Waals surface area (Å²) < 4.78 is 15.4. The number of methoxy groups -OCH3 is 2. The molecule has 0 radical (unpaired) electrons. The predicted molar refractivity (Wildman–Crippen MR) is 136 cm³/mol. The summed E-state index contributed by atoms with van der Waals surface area (Å²) >= 11 is 0. The number of nitrogens with one attached hydrogen (secondary N) is 3. The van der Waals surface area contributed by atoms with Gasteiger partial charge >= 0.3 is 12.1 Å². The molecule has 0 heterocycles. The van der Waals surface area contributed by atoms with E-state index in [9.17, 15) is 9.59 Å². The van der Waals surface area contributed by atoms with Gasteiger partial charge in [0.15, 0.2) is 5.96 Å². The first-order valence-corrected chi connectivity index (χ1v) is 10.2. The van der Waals surface area contributed by atoms with Gasteiger partial charge in [-0.25, -0.2) is 14.6 Å². The predicted octanol–water partition coefficient (Wildman–Crippen LogP) is 3.46. The topological polar surface area (TPSA) is 110 Å². The van der Waals surface area contributed by atoms with Gasteiger partial charge < -0.3 is 30.2 Å². The number of rotatable bonds is 8. The molecule has 10 heteroatoms. The third-order valence-corrected chi connectivity index (χ3v) is 3.97. The summed E-state index contributed by atoms with van der Waals surface area (Å²) in [5.41, 5.74) is 0.0325. The molecule has 0 aromatic heterocycles. The molecule has 9 nitrogen and oxygen atoms in total. The lowest BCUT2D eigenvalue weighted by Gasteiger charge is -2.29. The van der Waals surface area contributed by atoms with Gasteiger partial charge in [-0.15, -0.1) is 24.0 Å². The number of hydrogen-bond acceptors (Lipinski definition) is 6. The molecule has 0 fully saturated rings. The van der Waals surface area contributed by atoms with Crippen LogP contribution >= 0.6 is 24.0 Å². The first kappa shape index (κ1) is 29.8. The van der Waals surface area contributed by atoms with Crippen molar-refractivity contribution in [2.45, 2.75) is 59.2 Å². The Morgan fingerprint density at radius 2 is 1.72 bits per heavy atom. The van der Waals surface area contributed by atoms with Gasteiger partial charge in [0.1, 0.15) is 16.9 Å². The smallest absolute Gasteiger partial charge is 0.408 e. The van der Waals surface area contributed by atoms with Crippen LogP contribution in [-0.2, 0) is 16.0 Å². The molecule has 0 spiro atoms. The number of benzene rings is 1. The maximum atomic E-state index is 12.1. The zero-order chi connectivity index (χ0) is 23.7. The molecule has 0 aliphatic rings. The van der Waals surface area contributed by atoms with Gasteiger partial charge in [0.25, 0.3) is 0 Å². The highest BCUT2D eigenvalue weighted by Gasteiger charge is 2.24. The zero-order valence-electron chi connectivity index (χ0n) is 20.3. The second kappa shape index (κ2) is 13.3. The molecular weight excluding hydrogens is 527 g/mol. The van der Waals surface area contributed by atoms with Gasteiger partial charge in [-0.1, -0.05) is 6.07 Å². The molecule has 0 aliphatic carbocycles.